The van der Waals surface area contributed by atoms with Crippen molar-refractivity contribution in [3.8, 4) is 5.75 Å². The Labute approximate surface area is 131 Å². The van der Waals surface area contributed by atoms with Gasteiger partial charge in [-0.25, -0.2) is 0 Å². The van der Waals surface area contributed by atoms with E-state index < -0.39 is 0 Å². The second-order valence-corrected chi connectivity index (χ2v) is 7.01. The Bertz CT molecular complexity index is 560. The molecule has 1 aromatic heterocycles. The molecule has 0 fully saturated rings. The quantitative estimate of drug-likeness (QED) is 0.622. The Morgan fingerprint density at radius 1 is 1.32 bits per heavy atom. The number of thiophene rings is 1. The van der Waals surface area contributed by atoms with Crippen LogP contribution in [0.2, 0.25) is 0 Å². The minimum atomic E-state index is -0.170. The molecule has 0 radical (unpaired) electrons. The van der Waals surface area contributed by atoms with E-state index in [-0.39, 0.29) is 5.38 Å². The number of rotatable bonds is 4. The monoisotopic (exact) mass is 358 g/mol. The molecule has 0 saturated heterocycles. The second-order valence-electron chi connectivity index (χ2n) is 4.37. The molecule has 2 rings (SSSR count). The zero-order valence-electron chi connectivity index (χ0n) is 11.2. The van der Waals surface area contributed by atoms with Gasteiger partial charge in [0.25, 0.3) is 0 Å². The fourth-order valence-electron chi connectivity index (χ4n) is 1.88. The van der Waals surface area contributed by atoms with Crippen LogP contribution in [0.3, 0.4) is 0 Å². The van der Waals surface area contributed by atoms with Crippen molar-refractivity contribution in [2.24, 2.45) is 0 Å². The number of benzene rings is 1. The summed E-state index contributed by atoms with van der Waals surface area (Å²) in [6, 6.07) is 8.13. The van der Waals surface area contributed by atoms with Crippen molar-refractivity contribution in [3.63, 3.8) is 0 Å². The van der Waals surface area contributed by atoms with Gasteiger partial charge in [0.15, 0.2) is 0 Å². The first-order valence-corrected chi connectivity index (χ1v) is 8.20. The van der Waals surface area contributed by atoms with Gasteiger partial charge < -0.3 is 4.74 Å². The van der Waals surface area contributed by atoms with Crippen molar-refractivity contribution in [3.05, 3.63) is 49.6 Å². The molecule has 0 spiro atoms. The standard InChI is InChI=1S/C15H16BrClOS/c1-4-18-13-6-5-11(16)8-12(13)15(17)14-7-9(2)10(3)19-14/h5-8,15H,4H2,1-3H3. The fraction of sp³-hybridized carbons (Fsp3) is 0.333. The fourth-order valence-corrected chi connectivity index (χ4v) is 3.67. The van der Waals surface area contributed by atoms with Gasteiger partial charge in [0.1, 0.15) is 5.75 Å². The van der Waals surface area contributed by atoms with E-state index in [0.29, 0.717) is 6.61 Å². The molecule has 1 nitrogen and oxygen atoms in total. The first-order valence-electron chi connectivity index (χ1n) is 6.16. The molecule has 1 aromatic carbocycles. The van der Waals surface area contributed by atoms with E-state index in [0.717, 1.165) is 20.7 Å². The summed E-state index contributed by atoms with van der Waals surface area (Å²) in [5.74, 6) is 0.856. The first-order chi connectivity index (χ1) is 9.02. The Morgan fingerprint density at radius 3 is 2.63 bits per heavy atom. The molecule has 1 unspecified atom stereocenters. The highest BCUT2D eigenvalue weighted by Crippen LogP contribution is 2.40. The van der Waals surface area contributed by atoms with E-state index in [9.17, 15) is 0 Å². The maximum Gasteiger partial charge on any atom is 0.124 e. The largest absolute Gasteiger partial charge is 0.494 e. The van der Waals surface area contributed by atoms with Gasteiger partial charge in [0.05, 0.1) is 12.0 Å². The van der Waals surface area contributed by atoms with Gasteiger partial charge in [-0.15, -0.1) is 22.9 Å². The summed E-state index contributed by atoms with van der Waals surface area (Å²) >= 11 is 11.9. The topological polar surface area (TPSA) is 9.23 Å². The van der Waals surface area contributed by atoms with Crippen molar-refractivity contribution in [1.29, 1.82) is 0 Å². The van der Waals surface area contributed by atoms with E-state index in [4.69, 9.17) is 16.3 Å². The molecular formula is C15H16BrClOS. The maximum atomic E-state index is 6.64. The van der Waals surface area contributed by atoms with Crippen molar-refractivity contribution < 1.29 is 4.74 Å². The van der Waals surface area contributed by atoms with E-state index in [2.05, 4.69) is 35.8 Å². The normalized spacial score (nSPS) is 12.5. The average molecular weight is 360 g/mol. The van der Waals surface area contributed by atoms with Crippen molar-refractivity contribution in [2.75, 3.05) is 6.61 Å². The lowest BCUT2D eigenvalue weighted by atomic mass is 10.1. The molecule has 2 aromatic rings. The molecule has 0 amide bonds. The predicted molar refractivity (Wildman–Crippen MR) is 86.8 cm³/mol. The molecule has 0 bridgehead atoms. The summed E-state index contributed by atoms with van der Waals surface area (Å²) in [5, 5.41) is -0.170. The van der Waals surface area contributed by atoms with Crippen LogP contribution in [0.1, 0.15) is 33.2 Å². The first kappa shape index (κ1) is 14.9. The number of hydrogen-bond donors (Lipinski definition) is 0. The van der Waals surface area contributed by atoms with Crippen LogP contribution in [-0.2, 0) is 0 Å². The van der Waals surface area contributed by atoms with E-state index in [1.165, 1.54) is 10.4 Å². The predicted octanol–water partition coefficient (Wildman–Crippen LogP) is 5.85. The third-order valence-electron chi connectivity index (χ3n) is 2.98. The summed E-state index contributed by atoms with van der Waals surface area (Å²) in [5.41, 5.74) is 2.30. The number of ether oxygens (including phenoxy) is 1. The Morgan fingerprint density at radius 2 is 2.05 bits per heavy atom. The smallest absolute Gasteiger partial charge is 0.124 e. The van der Waals surface area contributed by atoms with Crippen LogP contribution < -0.4 is 4.74 Å². The van der Waals surface area contributed by atoms with Crippen LogP contribution >= 0.6 is 38.9 Å². The lowest BCUT2D eigenvalue weighted by Crippen LogP contribution is -1.99. The van der Waals surface area contributed by atoms with Crippen LogP contribution in [0.15, 0.2) is 28.7 Å². The summed E-state index contributed by atoms with van der Waals surface area (Å²) in [6.07, 6.45) is 0. The maximum absolute atomic E-state index is 6.64. The zero-order valence-corrected chi connectivity index (χ0v) is 14.3. The summed E-state index contributed by atoms with van der Waals surface area (Å²) in [4.78, 5) is 2.48. The van der Waals surface area contributed by atoms with Crippen LogP contribution in [0.4, 0.5) is 0 Å². The second kappa shape index (κ2) is 6.29. The number of alkyl halides is 1. The molecule has 1 heterocycles. The van der Waals surface area contributed by atoms with E-state index in [1.807, 2.05) is 25.1 Å². The lowest BCUT2D eigenvalue weighted by molar-refractivity contribution is 0.337. The van der Waals surface area contributed by atoms with Gasteiger partial charge in [-0.2, -0.15) is 0 Å². The molecule has 102 valence electrons. The lowest BCUT2D eigenvalue weighted by Gasteiger charge is -2.14. The minimum absolute atomic E-state index is 0.170. The third-order valence-corrected chi connectivity index (χ3v) is 5.29. The minimum Gasteiger partial charge on any atom is -0.494 e. The van der Waals surface area contributed by atoms with Crippen molar-refractivity contribution in [2.45, 2.75) is 26.1 Å². The van der Waals surface area contributed by atoms with E-state index >= 15 is 0 Å². The average Bonchev–Trinajstić information content (AvgIpc) is 2.71. The molecule has 0 aliphatic heterocycles. The van der Waals surface area contributed by atoms with Gasteiger partial charge in [-0.05, 0) is 50.6 Å². The SMILES string of the molecule is CCOc1ccc(Br)cc1C(Cl)c1cc(C)c(C)s1. The Kier molecular flexibility index (Phi) is 4.93. The van der Waals surface area contributed by atoms with Gasteiger partial charge >= 0.3 is 0 Å². The summed E-state index contributed by atoms with van der Waals surface area (Å²) < 4.78 is 6.69. The third kappa shape index (κ3) is 3.33. The van der Waals surface area contributed by atoms with Gasteiger partial charge in [-0.1, -0.05) is 15.9 Å². The van der Waals surface area contributed by atoms with Crippen LogP contribution in [-0.4, -0.2) is 6.61 Å². The van der Waals surface area contributed by atoms with Crippen molar-refractivity contribution in [1.82, 2.24) is 0 Å². The molecule has 1 atom stereocenters. The number of hydrogen-bond acceptors (Lipinski definition) is 2. The molecule has 0 aliphatic rings. The Balaban J connectivity index is 2.41. The number of aryl methyl sites for hydroxylation is 2. The van der Waals surface area contributed by atoms with E-state index in [1.54, 1.807) is 11.3 Å². The van der Waals surface area contributed by atoms with Gasteiger partial charge in [-0.3, -0.25) is 0 Å². The highest BCUT2D eigenvalue weighted by Gasteiger charge is 2.19. The zero-order chi connectivity index (χ0) is 14.0. The van der Waals surface area contributed by atoms with Gasteiger partial charge in [0.2, 0.25) is 0 Å². The number of halogens is 2. The molecule has 0 aliphatic carbocycles. The summed E-state index contributed by atoms with van der Waals surface area (Å²) in [7, 11) is 0. The molecular weight excluding hydrogens is 344 g/mol. The highest BCUT2D eigenvalue weighted by atomic mass is 79.9. The highest BCUT2D eigenvalue weighted by molar-refractivity contribution is 9.10. The summed E-state index contributed by atoms with van der Waals surface area (Å²) in [6.45, 7) is 6.86. The van der Waals surface area contributed by atoms with Crippen LogP contribution in [0.25, 0.3) is 0 Å². The van der Waals surface area contributed by atoms with Gasteiger partial charge in [0, 0.05) is 19.8 Å². The van der Waals surface area contributed by atoms with Crippen molar-refractivity contribution >= 4 is 38.9 Å². The molecule has 4 heteroatoms. The molecule has 0 N–H and O–H groups in total. The molecule has 0 saturated carbocycles. The molecule has 19 heavy (non-hydrogen) atoms. The van der Waals surface area contributed by atoms with Crippen LogP contribution in [0, 0.1) is 13.8 Å². The van der Waals surface area contributed by atoms with Crippen LogP contribution in [0.5, 0.6) is 5.75 Å². The Hall–Kier alpha value is -0.510.